The Kier molecular flexibility index (Phi) is 6.42. The lowest BCUT2D eigenvalue weighted by atomic mass is 9.98. The highest BCUT2D eigenvalue weighted by molar-refractivity contribution is 9.10. The molecule has 1 heterocycles. The third-order valence-corrected chi connectivity index (χ3v) is 7.38. The minimum atomic E-state index is -3.62. The van der Waals surface area contributed by atoms with Gasteiger partial charge in [-0.05, 0) is 61.4 Å². The Labute approximate surface area is 174 Å². The van der Waals surface area contributed by atoms with Crippen LogP contribution in [0.5, 0.6) is 5.75 Å². The van der Waals surface area contributed by atoms with Gasteiger partial charge in [0.05, 0.1) is 17.9 Å². The average Bonchev–Trinajstić information content (AvgIpc) is 2.73. The van der Waals surface area contributed by atoms with Crippen molar-refractivity contribution < 1.29 is 17.9 Å². The van der Waals surface area contributed by atoms with E-state index in [9.17, 15) is 13.2 Å². The molecule has 1 aliphatic rings. The van der Waals surface area contributed by atoms with Crippen LogP contribution in [0, 0.1) is 5.92 Å². The molecule has 0 saturated carbocycles. The summed E-state index contributed by atoms with van der Waals surface area (Å²) in [5, 5.41) is 0. The normalized spacial score (nSPS) is 17.9. The summed E-state index contributed by atoms with van der Waals surface area (Å²) in [6.07, 6.45) is 1.33. The second kappa shape index (κ2) is 8.63. The molecule has 0 aromatic heterocycles. The Morgan fingerprint density at radius 2 is 1.79 bits per heavy atom. The first-order valence-electron chi connectivity index (χ1n) is 9.00. The molecule has 2 aromatic carbocycles. The van der Waals surface area contributed by atoms with Crippen LogP contribution in [0.1, 0.15) is 12.8 Å². The molecule has 2 aromatic rings. The molecule has 0 N–H and O–H groups in total. The van der Waals surface area contributed by atoms with Crippen molar-refractivity contribution in [3.05, 3.63) is 53.0 Å². The largest absolute Gasteiger partial charge is 0.497 e. The molecule has 1 aliphatic heterocycles. The van der Waals surface area contributed by atoms with Crippen LogP contribution in [0.4, 0.5) is 5.69 Å². The second-order valence-corrected chi connectivity index (χ2v) is 9.61. The van der Waals surface area contributed by atoms with Crippen LogP contribution in [0.25, 0.3) is 0 Å². The van der Waals surface area contributed by atoms with E-state index in [1.165, 1.54) is 4.31 Å². The Morgan fingerprint density at radius 3 is 2.39 bits per heavy atom. The van der Waals surface area contributed by atoms with Gasteiger partial charge in [-0.3, -0.25) is 4.79 Å². The number of amides is 1. The number of benzene rings is 2. The van der Waals surface area contributed by atoms with Gasteiger partial charge in [-0.1, -0.05) is 15.9 Å². The zero-order valence-corrected chi connectivity index (χ0v) is 18.2. The van der Waals surface area contributed by atoms with Gasteiger partial charge in [0.15, 0.2) is 0 Å². The monoisotopic (exact) mass is 466 g/mol. The lowest BCUT2D eigenvalue weighted by Gasteiger charge is -2.33. The summed E-state index contributed by atoms with van der Waals surface area (Å²) in [5.41, 5.74) is 0.749. The number of methoxy groups -OCH3 is 1. The Morgan fingerprint density at radius 1 is 1.14 bits per heavy atom. The summed E-state index contributed by atoms with van der Waals surface area (Å²) >= 11 is 3.32. The van der Waals surface area contributed by atoms with E-state index in [0.717, 1.165) is 10.2 Å². The molecule has 0 bridgehead atoms. The molecular weight excluding hydrogens is 444 g/mol. The summed E-state index contributed by atoms with van der Waals surface area (Å²) in [6, 6.07) is 13.8. The topological polar surface area (TPSA) is 66.9 Å². The lowest BCUT2D eigenvalue weighted by molar-refractivity contribution is -0.123. The third kappa shape index (κ3) is 4.39. The molecule has 8 heteroatoms. The van der Waals surface area contributed by atoms with Gasteiger partial charge in [0.25, 0.3) is 0 Å². The summed E-state index contributed by atoms with van der Waals surface area (Å²) in [5.74, 6) is 0.265. The molecule has 150 valence electrons. The number of halogens is 1. The van der Waals surface area contributed by atoms with Crippen LogP contribution in [-0.2, 0) is 14.8 Å². The van der Waals surface area contributed by atoms with Gasteiger partial charge >= 0.3 is 0 Å². The molecular formula is C20H23BrN2O4S. The minimum Gasteiger partial charge on any atom is -0.497 e. The fourth-order valence-corrected chi connectivity index (χ4v) is 5.11. The lowest BCUT2D eigenvalue weighted by Crippen LogP contribution is -2.45. The predicted molar refractivity (Wildman–Crippen MR) is 112 cm³/mol. The van der Waals surface area contributed by atoms with Crippen LogP contribution in [0.3, 0.4) is 0 Å². The molecule has 0 aliphatic carbocycles. The van der Waals surface area contributed by atoms with Crippen molar-refractivity contribution in [2.75, 3.05) is 32.1 Å². The van der Waals surface area contributed by atoms with Gasteiger partial charge in [0.2, 0.25) is 15.9 Å². The summed E-state index contributed by atoms with van der Waals surface area (Å²) in [6.45, 7) is 0.617. The molecule has 3 rings (SSSR count). The molecule has 1 fully saturated rings. The van der Waals surface area contributed by atoms with E-state index in [2.05, 4.69) is 15.9 Å². The van der Waals surface area contributed by atoms with Crippen molar-refractivity contribution in [3.63, 3.8) is 0 Å². The number of carbonyl (C=O) groups is 1. The van der Waals surface area contributed by atoms with Crippen molar-refractivity contribution in [1.82, 2.24) is 4.31 Å². The van der Waals surface area contributed by atoms with Crippen molar-refractivity contribution in [1.29, 1.82) is 0 Å². The molecule has 0 radical (unpaired) electrons. The summed E-state index contributed by atoms with van der Waals surface area (Å²) in [4.78, 5) is 14.8. The first-order chi connectivity index (χ1) is 13.3. The molecule has 0 spiro atoms. The van der Waals surface area contributed by atoms with E-state index >= 15 is 0 Å². The van der Waals surface area contributed by atoms with Crippen LogP contribution in [0.15, 0.2) is 57.9 Å². The van der Waals surface area contributed by atoms with E-state index in [1.54, 1.807) is 55.5 Å². The molecule has 0 unspecified atom stereocenters. The average molecular weight is 467 g/mol. The molecule has 1 atom stereocenters. The maximum atomic E-state index is 13.0. The quantitative estimate of drug-likeness (QED) is 0.675. The van der Waals surface area contributed by atoms with Crippen molar-refractivity contribution >= 4 is 37.5 Å². The number of anilines is 1. The number of rotatable bonds is 5. The Bertz CT molecular complexity index is 930. The first kappa shape index (κ1) is 20.8. The van der Waals surface area contributed by atoms with Crippen LogP contribution >= 0.6 is 15.9 Å². The smallest absolute Gasteiger partial charge is 0.243 e. The summed E-state index contributed by atoms with van der Waals surface area (Å²) < 4.78 is 33.3. The van der Waals surface area contributed by atoms with Crippen molar-refractivity contribution in [2.45, 2.75) is 17.7 Å². The fraction of sp³-hybridized carbons (Fsp3) is 0.350. The van der Waals surface area contributed by atoms with E-state index in [1.807, 2.05) is 12.1 Å². The van der Waals surface area contributed by atoms with Crippen molar-refractivity contribution in [3.8, 4) is 5.75 Å². The zero-order chi connectivity index (χ0) is 20.3. The number of hydrogen-bond donors (Lipinski definition) is 0. The van der Waals surface area contributed by atoms with Gasteiger partial charge in [0, 0.05) is 30.3 Å². The number of ether oxygens (including phenoxy) is 1. The second-order valence-electron chi connectivity index (χ2n) is 6.75. The first-order valence-corrected chi connectivity index (χ1v) is 11.2. The number of sulfonamides is 1. The summed E-state index contributed by atoms with van der Waals surface area (Å²) in [7, 11) is -0.315. The molecule has 1 amide bonds. The number of nitrogens with zero attached hydrogens (tertiary/aromatic N) is 2. The van der Waals surface area contributed by atoms with Gasteiger partial charge in [-0.25, -0.2) is 8.42 Å². The van der Waals surface area contributed by atoms with E-state index in [-0.39, 0.29) is 23.3 Å². The third-order valence-electron chi connectivity index (χ3n) is 4.98. The maximum Gasteiger partial charge on any atom is 0.243 e. The van der Waals surface area contributed by atoms with Gasteiger partial charge in [-0.2, -0.15) is 4.31 Å². The Balaban J connectivity index is 1.74. The highest BCUT2D eigenvalue weighted by atomic mass is 79.9. The standard InChI is InChI=1S/C20H23BrN2O4S/c1-22(17-7-9-18(27-2)10-8-17)20(24)15-4-3-13-23(14-15)28(25,26)19-11-5-16(21)6-12-19/h5-12,15H,3-4,13-14H2,1-2H3/t15-/m0/s1. The van der Waals surface area contributed by atoms with Crippen LogP contribution in [0.2, 0.25) is 0 Å². The van der Waals surface area contributed by atoms with E-state index < -0.39 is 10.0 Å². The molecule has 28 heavy (non-hydrogen) atoms. The van der Waals surface area contributed by atoms with Gasteiger partial charge in [0.1, 0.15) is 5.75 Å². The van der Waals surface area contributed by atoms with Gasteiger partial charge < -0.3 is 9.64 Å². The Hall–Kier alpha value is -1.90. The maximum absolute atomic E-state index is 13.0. The predicted octanol–water partition coefficient (Wildman–Crippen LogP) is 3.52. The van der Waals surface area contributed by atoms with Crippen LogP contribution in [-0.4, -0.2) is 45.9 Å². The van der Waals surface area contributed by atoms with Gasteiger partial charge in [-0.15, -0.1) is 0 Å². The zero-order valence-electron chi connectivity index (χ0n) is 15.8. The molecule has 6 nitrogen and oxygen atoms in total. The minimum absolute atomic E-state index is 0.0825. The van der Waals surface area contributed by atoms with Crippen LogP contribution < -0.4 is 9.64 Å². The molecule has 1 saturated heterocycles. The van der Waals surface area contributed by atoms with Crippen molar-refractivity contribution in [2.24, 2.45) is 5.92 Å². The highest BCUT2D eigenvalue weighted by Crippen LogP contribution is 2.27. The number of hydrogen-bond acceptors (Lipinski definition) is 4. The van der Waals surface area contributed by atoms with E-state index in [4.69, 9.17) is 4.74 Å². The number of carbonyl (C=O) groups excluding carboxylic acids is 1. The number of piperidine rings is 1. The highest BCUT2D eigenvalue weighted by Gasteiger charge is 2.34. The fourth-order valence-electron chi connectivity index (χ4n) is 3.32. The van der Waals surface area contributed by atoms with E-state index in [0.29, 0.717) is 25.1 Å². The SMILES string of the molecule is COc1ccc(N(C)C(=O)[C@H]2CCCN(S(=O)(=O)c3ccc(Br)cc3)C2)cc1.